The highest BCUT2D eigenvalue weighted by molar-refractivity contribution is 6.30. The lowest BCUT2D eigenvalue weighted by molar-refractivity contribution is 0.0757. The molecule has 2 saturated heterocycles. The normalized spacial score (nSPS) is 21.4. The molecule has 0 unspecified atom stereocenters. The molecule has 29 heavy (non-hydrogen) atoms. The number of likely N-dealkylation sites (tertiary alicyclic amines) is 2. The first kappa shape index (κ1) is 19.8. The predicted molar refractivity (Wildman–Crippen MR) is 114 cm³/mol. The average Bonchev–Trinajstić information content (AvgIpc) is 3.04. The lowest BCUT2D eigenvalue weighted by Crippen LogP contribution is -2.44. The Morgan fingerprint density at radius 3 is 2.52 bits per heavy atom. The van der Waals surface area contributed by atoms with Crippen molar-refractivity contribution >= 4 is 23.5 Å². The van der Waals surface area contributed by atoms with Crippen LogP contribution in [0.3, 0.4) is 0 Å². The minimum atomic E-state index is -0.00373. The summed E-state index contributed by atoms with van der Waals surface area (Å²) in [6, 6.07) is 17.3. The van der Waals surface area contributed by atoms with Crippen LogP contribution in [-0.4, -0.2) is 47.4 Å². The summed E-state index contributed by atoms with van der Waals surface area (Å²) in [5.74, 6) is 0.474. The molecule has 2 aliphatic heterocycles. The van der Waals surface area contributed by atoms with Gasteiger partial charge in [-0.1, -0.05) is 48.0 Å². The van der Waals surface area contributed by atoms with Crippen LogP contribution in [0.2, 0.25) is 5.02 Å². The highest BCUT2D eigenvalue weighted by atomic mass is 35.5. The van der Waals surface area contributed by atoms with E-state index in [0.29, 0.717) is 29.6 Å². The Labute approximate surface area is 176 Å². The molecule has 152 valence electrons. The summed E-state index contributed by atoms with van der Waals surface area (Å²) in [5, 5.41) is 3.63. The Balaban J connectivity index is 1.37. The molecule has 0 bridgehead atoms. The van der Waals surface area contributed by atoms with Gasteiger partial charge in [0.05, 0.1) is 0 Å². The van der Waals surface area contributed by atoms with Crippen molar-refractivity contribution in [1.29, 1.82) is 0 Å². The van der Waals surface area contributed by atoms with Crippen LogP contribution in [-0.2, 0) is 6.54 Å². The van der Waals surface area contributed by atoms with Gasteiger partial charge in [-0.2, -0.15) is 0 Å². The lowest BCUT2D eigenvalue weighted by atomic mass is 9.96. The Morgan fingerprint density at radius 2 is 1.72 bits per heavy atom. The number of nitrogens with one attached hydrogen (secondary N) is 1. The second kappa shape index (κ2) is 8.87. The number of benzene rings is 2. The third-order valence-electron chi connectivity index (χ3n) is 6.06. The van der Waals surface area contributed by atoms with Crippen molar-refractivity contribution in [3.63, 3.8) is 0 Å². The van der Waals surface area contributed by atoms with Gasteiger partial charge in [0.15, 0.2) is 0 Å². The van der Waals surface area contributed by atoms with Crippen LogP contribution >= 0.6 is 11.6 Å². The van der Waals surface area contributed by atoms with E-state index in [4.69, 9.17) is 11.6 Å². The second-order valence-electron chi connectivity index (χ2n) is 7.83. The number of carbonyl (C=O) groups excluding carboxylic acids is 2. The standard InChI is InChI=1S/C23H26ClN3O2/c24-20-8-4-7-19(15-20)22(28)26-12-9-18-10-14-27(21(18)11-13-26)23(29)25-16-17-5-2-1-3-6-17/h1-8,15,18,21H,9-14,16H2,(H,25,29)/t18-,21-/m1/s1. The maximum atomic E-state index is 12.9. The number of carbonyl (C=O) groups is 2. The van der Waals surface area contributed by atoms with Crippen LogP contribution in [0.4, 0.5) is 4.79 Å². The molecular weight excluding hydrogens is 386 g/mol. The van der Waals surface area contributed by atoms with Crippen molar-refractivity contribution in [2.75, 3.05) is 19.6 Å². The summed E-state index contributed by atoms with van der Waals surface area (Å²) < 4.78 is 0. The number of hydrogen-bond acceptors (Lipinski definition) is 2. The minimum Gasteiger partial charge on any atom is -0.339 e. The maximum absolute atomic E-state index is 12.9. The quantitative estimate of drug-likeness (QED) is 0.823. The van der Waals surface area contributed by atoms with Crippen LogP contribution in [0.5, 0.6) is 0 Å². The Bertz CT molecular complexity index is 873. The van der Waals surface area contributed by atoms with Gasteiger partial charge in [-0.05, 0) is 48.9 Å². The van der Waals surface area contributed by atoms with Crippen molar-refractivity contribution < 1.29 is 9.59 Å². The van der Waals surface area contributed by atoms with Crippen molar-refractivity contribution in [3.05, 3.63) is 70.7 Å². The highest BCUT2D eigenvalue weighted by Crippen LogP contribution is 2.32. The van der Waals surface area contributed by atoms with Gasteiger partial charge in [0, 0.05) is 42.8 Å². The van der Waals surface area contributed by atoms with Crippen LogP contribution in [0.15, 0.2) is 54.6 Å². The van der Waals surface area contributed by atoms with Gasteiger partial charge in [0.2, 0.25) is 0 Å². The molecule has 0 spiro atoms. The van der Waals surface area contributed by atoms with E-state index in [-0.39, 0.29) is 18.0 Å². The third-order valence-corrected chi connectivity index (χ3v) is 6.29. The molecule has 2 heterocycles. The number of urea groups is 1. The third kappa shape index (κ3) is 4.56. The van der Waals surface area contributed by atoms with Crippen LogP contribution in [0.25, 0.3) is 0 Å². The summed E-state index contributed by atoms with van der Waals surface area (Å²) in [6.45, 7) is 2.71. The molecule has 2 aliphatic rings. The number of nitrogens with zero attached hydrogens (tertiary/aromatic N) is 2. The number of hydrogen-bond donors (Lipinski definition) is 1. The molecule has 5 nitrogen and oxygen atoms in total. The molecule has 0 aliphatic carbocycles. The van der Waals surface area contributed by atoms with Crippen molar-refractivity contribution in [2.24, 2.45) is 5.92 Å². The fourth-order valence-corrected chi connectivity index (χ4v) is 4.69. The first-order valence-electron chi connectivity index (χ1n) is 10.2. The lowest BCUT2D eigenvalue weighted by Gasteiger charge is -2.27. The number of halogens is 1. The summed E-state index contributed by atoms with van der Waals surface area (Å²) in [4.78, 5) is 29.5. The summed E-state index contributed by atoms with van der Waals surface area (Å²) in [7, 11) is 0. The van der Waals surface area contributed by atoms with E-state index in [1.807, 2.05) is 46.2 Å². The van der Waals surface area contributed by atoms with Crippen LogP contribution < -0.4 is 5.32 Å². The number of fused-ring (bicyclic) bond motifs is 1. The first-order valence-corrected chi connectivity index (χ1v) is 10.6. The Kier molecular flexibility index (Phi) is 6.05. The smallest absolute Gasteiger partial charge is 0.317 e. The Hall–Kier alpha value is -2.53. The molecule has 6 heteroatoms. The molecular formula is C23H26ClN3O2. The van der Waals surface area contributed by atoms with Gasteiger partial charge < -0.3 is 15.1 Å². The molecule has 0 aromatic heterocycles. The zero-order valence-corrected chi connectivity index (χ0v) is 17.1. The van der Waals surface area contributed by atoms with E-state index in [9.17, 15) is 9.59 Å². The topological polar surface area (TPSA) is 52.7 Å². The Morgan fingerprint density at radius 1 is 0.966 bits per heavy atom. The predicted octanol–water partition coefficient (Wildman–Crippen LogP) is 4.18. The largest absolute Gasteiger partial charge is 0.339 e. The SMILES string of the molecule is O=C(c1cccc(Cl)c1)N1CC[C@@H]2CCN(C(=O)NCc3ccccc3)[C@@H]2CC1. The monoisotopic (exact) mass is 411 g/mol. The van der Waals surface area contributed by atoms with Gasteiger partial charge in [-0.25, -0.2) is 4.79 Å². The van der Waals surface area contributed by atoms with E-state index < -0.39 is 0 Å². The number of rotatable bonds is 3. The minimum absolute atomic E-state index is 0.00373. The highest BCUT2D eigenvalue weighted by Gasteiger charge is 2.39. The first-order chi connectivity index (χ1) is 14.1. The fourth-order valence-electron chi connectivity index (χ4n) is 4.50. The summed E-state index contributed by atoms with van der Waals surface area (Å²) >= 11 is 6.04. The number of amides is 3. The van der Waals surface area contributed by atoms with Gasteiger partial charge in [-0.15, -0.1) is 0 Å². The fraction of sp³-hybridized carbons (Fsp3) is 0.391. The zero-order chi connectivity index (χ0) is 20.2. The molecule has 2 aromatic rings. The molecule has 2 aromatic carbocycles. The van der Waals surface area contributed by atoms with E-state index in [1.165, 1.54) is 0 Å². The van der Waals surface area contributed by atoms with Crippen LogP contribution in [0.1, 0.15) is 35.2 Å². The van der Waals surface area contributed by atoms with E-state index in [0.717, 1.165) is 37.9 Å². The van der Waals surface area contributed by atoms with E-state index >= 15 is 0 Å². The van der Waals surface area contributed by atoms with Gasteiger partial charge in [-0.3, -0.25) is 4.79 Å². The van der Waals surface area contributed by atoms with Gasteiger partial charge in [0.1, 0.15) is 0 Å². The van der Waals surface area contributed by atoms with E-state index in [2.05, 4.69) is 5.32 Å². The van der Waals surface area contributed by atoms with Crippen molar-refractivity contribution in [1.82, 2.24) is 15.1 Å². The summed E-state index contributed by atoms with van der Waals surface area (Å²) in [5.41, 5.74) is 1.72. The molecule has 1 N–H and O–H groups in total. The summed E-state index contributed by atoms with van der Waals surface area (Å²) in [6.07, 6.45) is 2.75. The molecule has 2 atom stereocenters. The molecule has 0 saturated carbocycles. The molecule has 4 rings (SSSR count). The maximum Gasteiger partial charge on any atom is 0.317 e. The zero-order valence-electron chi connectivity index (χ0n) is 16.4. The van der Waals surface area contributed by atoms with Gasteiger partial charge >= 0.3 is 6.03 Å². The average molecular weight is 412 g/mol. The van der Waals surface area contributed by atoms with Gasteiger partial charge in [0.25, 0.3) is 5.91 Å². The molecule has 2 fully saturated rings. The molecule has 0 radical (unpaired) electrons. The van der Waals surface area contributed by atoms with Crippen molar-refractivity contribution in [3.8, 4) is 0 Å². The second-order valence-corrected chi connectivity index (χ2v) is 8.27. The van der Waals surface area contributed by atoms with Crippen LogP contribution in [0, 0.1) is 5.92 Å². The van der Waals surface area contributed by atoms with E-state index in [1.54, 1.807) is 18.2 Å². The molecule has 3 amide bonds. The van der Waals surface area contributed by atoms with Crippen molar-refractivity contribution in [2.45, 2.75) is 31.8 Å².